The van der Waals surface area contributed by atoms with Crippen LogP contribution < -0.4 is 5.32 Å². The minimum absolute atomic E-state index is 0.0299. The normalized spacial score (nSPS) is 12.9. The fourth-order valence-corrected chi connectivity index (χ4v) is 7.59. The molecule has 2 unspecified atom stereocenters. The van der Waals surface area contributed by atoms with E-state index in [1.165, 1.54) is 218 Å². The van der Waals surface area contributed by atoms with Crippen LogP contribution in [0.2, 0.25) is 0 Å². The molecule has 4 nitrogen and oxygen atoms in total. The number of hydrogen-bond donors (Lipinski definition) is 3. The number of hydrogen-bond acceptors (Lipinski definition) is 3. The van der Waals surface area contributed by atoms with Crippen LogP contribution in [-0.2, 0) is 4.79 Å². The Balaban J connectivity index is 3.46. The van der Waals surface area contributed by atoms with E-state index in [0.29, 0.717) is 12.8 Å². The quantitative estimate of drug-likeness (QED) is 0.0431. The highest BCUT2D eigenvalue weighted by Crippen LogP contribution is 2.16. The van der Waals surface area contributed by atoms with Gasteiger partial charge in [0.25, 0.3) is 0 Å². The molecule has 0 radical (unpaired) electrons. The molecule has 0 aromatic rings. The van der Waals surface area contributed by atoms with Crippen molar-refractivity contribution in [2.75, 3.05) is 6.61 Å². The molecule has 0 rings (SSSR count). The van der Waals surface area contributed by atoms with E-state index < -0.39 is 12.1 Å². The molecule has 2 atom stereocenters. The number of carbonyl (C=O) groups excluding carboxylic acids is 1. The van der Waals surface area contributed by atoms with Crippen molar-refractivity contribution in [2.24, 2.45) is 0 Å². The summed E-state index contributed by atoms with van der Waals surface area (Å²) in [7, 11) is 0. The first-order chi connectivity index (χ1) is 25.7. The van der Waals surface area contributed by atoms with Crippen molar-refractivity contribution in [3.8, 4) is 0 Å². The molecule has 0 aromatic carbocycles. The largest absolute Gasteiger partial charge is 0.394 e. The first-order valence-electron chi connectivity index (χ1n) is 23.9. The molecule has 0 heterocycles. The summed E-state index contributed by atoms with van der Waals surface area (Å²) >= 11 is 0. The van der Waals surface area contributed by atoms with Crippen LogP contribution in [0.25, 0.3) is 0 Å². The lowest BCUT2D eigenvalue weighted by molar-refractivity contribution is -0.123. The zero-order chi connectivity index (χ0) is 37.8. The van der Waals surface area contributed by atoms with Gasteiger partial charge < -0.3 is 15.5 Å². The second kappa shape index (κ2) is 44.5. The summed E-state index contributed by atoms with van der Waals surface area (Å²) in [5.74, 6) is -0.0299. The van der Waals surface area contributed by atoms with Crippen LogP contribution in [0.15, 0.2) is 12.2 Å². The lowest BCUT2D eigenvalue weighted by atomic mass is 10.0. The molecule has 0 fully saturated rings. The summed E-state index contributed by atoms with van der Waals surface area (Å²) in [6.07, 6.45) is 55.9. The Labute approximate surface area is 327 Å². The molecule has 0 saturated heterocycles. The number of aliphatic hydroxyl groups excluding tert-OH is 2. The predicted octanol–water partition coefficient (Wildman–Crippen LogP) is 15.0. The van der Waals surface area contributed by atoms with Gasteiger partial charge in [0, 0.05) is 6.42 Å². The molecular formula is C48H95NO3. The molecule has 0 aromatic heterocycles. The van der Waals surface area contributed by atoms with Gasteiger partial charge in [-0.15, -0.1) is 0 Å². The van der Waals surface area contributed by atoms with Crippen LogP contribution in [-0.4, -0.2) is 34.9 Å². The minimum Gasteiger partial charge on any atom is -0.394 e. The third-order valence-corrected chi connectivity index (χ3v) is 11.3. The second-order valence-corrected chi connectivity index (χ2v) is 16.5. The Hall–Kier alpha value is -0.870. The Morgan fingerprint density at radius 3 is 1.06 bits per heavy atom. The molecule has 0 aliphatic rings. The molecule has 4 heteroatoms. The maximum absolute atomic E-state index is 12.4. The van der Waals surface area contributed by atoms with E-state index in [1.807, 2.05) is 0 Å². The number of amides is 1. The Kier molecular flexibility index (Phi) is 43.8. The van der Waals surface area contributed by atoms with Gasteiger partial charge in [-0.25, -0.2) is 0 Å². The van der Waals surface area contributed by atoms with Crippen molar-refractivity contribution in [1.29, 1.82) is 0 Å². The van der Waals surface area contributed by atoms with Gasteiger partial charge in [-0.05, 0) is 38.5 Å². The highest BCUT2D eigenvalue weighted by Gasteiger charge is 2.20. The lowest BCUT2D eigenvalue weighted by Gasteiger charge is -2.22. The number of rotatable bonds is 44. The Morgan fingerprint density at radius 2 is 0.731 bits per heavy atom. The summed E-state index contributed by atoms with van der Waals surface area (Å²) in [4.78, 5) is 12.4. The van der Waals surface area contributed by atoms with Crippen LogP contribution in [0.3, 0.4) is 0 Å². The van der Waals surface area contributed by atoms with Gasteiger partial charge in [0.2, 0.25) is 5.91 Å². The first-order valence-corrected chi connectivity index (χ1v) is 23.9. The second-order valence-electron chi connectivity index (χ2n) is 16.5. The zero-order valence-corrected chi connectivity index (χ0v) is 35.6. The van der Waals surface area contributed by atoms with E-state index >= 15 is 0 Å². The predicted molar refractivity (Wildman–Crippen MR) is 230 cm³/mol. The van der Waals surface area contributed by atoms with Gasteiger partial charge in [0.15, 0.2) is 0 Å². The molecule has 1 amide bonds. The van der Waals surface area contributed by atoms with Crippen LogP contribution in [0.4, 0.5) is 0 Å². The SMILES string of the molecule is CCCCCCCCCCCCCC/C=C\CCCCCCCCCCCC(=O)NC(CO)C(O)CCCCCCCCCCCCCCCCC. The number of nitrogens with one attached hydrogen (secondary N) is 1. The summed E-state index contributed by atoms with van der Waals surface area (Å²) < 4.78 is 0. The van der Waals surface area contributed by atoms with Crippen LogP contribution >= 0.6 is 0 Å². The minimum atomic E-state index is -0.656. The van der Waals surface area contributed by atoms with Crippen molar-refractivity contribution >= 4 is 5.91 Å². The van der Waals surface area contributed by atoms with Crippen molar-refractivity contribution < 1.29 is 15.0 Å². The van der Waals surface area contributed by atoms with E-state index in [9.17, 15) is 15.0 Å². The van der Waals surface area contributed by atoms with Crippen LogP contribution in [0.5, 0.6) is 0 Å². The number of carbonyl (C=O) groups is 1. The lowest BCUT2D eigenvalue weighted by Crippen LogP contribution is -2.45. The van der Waals surface area contributed by atoms with Crippen molar-refractivity contribution in [3.05, 3.63) is 12.2 Å². The van der Waals surface area contributed by atoms with Crippen molar-refractivity contribution in [2.45, 2.75) is 283 Å². The van der Waals surface area contributed by atoms with Crippen molar-refractivity contribution in [1.82, 2.24) is 5.32 Å². The smallest absolute Gasteiger partial charge is 0.220 e. The van der Waals surface area contributed by atoms with Gasteiger partial charge in [-0.2, -0.15) is 0 Å². The van der Waals surface area contributed by atoms with E-state index in [1.54, 1.807) is 0 Å². The van der Waals surface area contributed by atoms with Crippen LogP contribution in [0.1, 0.15) is 271 Å². The summed E-state index contributed by atoms with van der Waals surface area (Å²) in [5.41, 5.74) is 0. The average molecular weight is 734 g/mol. The van der Waals surface area contributed by atoms with E-state index in [0.717, 1.165) is 25.7 Å². The summed E-state index contributed by atoms with van der Waals surface area (Å²) in [6, 6.07) is -0.533. The first kappa shape index (κ1) is 51.1. The van der Waals surface area contributed by atoms with Gasteiger partial charge in [-0.1, -0.05) is 238 Å². The standard InChI is InChI=1S/C48H95NO3/c1-3-5-7-9-11-13-15-17-19-20-21-22-23-24-25-26-27-28-30-32-34-36-38-40-42-44-48(52)49-46(45-50)47(51)43-41-39-37-35-33-31-29-18-16-14-12-10-8-6-4-2/h24-25,46-47,50-51H,3-23,26-45H2,1-2H3,(H,49,52)/b25-24-. The Bertz CT molecular complexity index is 710. The Morgan fingerprint density at radius 1 is 0.442 bits per heavy atom. The number of aliphatic hydroxyl groups is 2. The summed E-state index contributed by atoms with van der Waals surface area (Å²) in [6.45, 7) is 4.38. The van der Waals surface area contributed by atoms with E-state index in [4.69, 9.17) is 0 Å². The van der Waals surface area contributed by atoms with Gasteiger partial charge in [0.05, 0.1) is 18.8 Å². The number of unbranched alkanes of at least 4 members (excludes halogenated alkanes) is 35. The molecule has 0 aliphatic heterocycles. The van der Waals surface area contributed by atoms with Gasteiger partial charge in [0.1, 0.15) is 0 Å². The highest BCUT2D eigenvalue weighted by molar-refractivity contribution is 5.76. The molecule has 52 heavy (non-hydrogen) atoms. The maximum atomic E-state index is 12.4. The molecule has 0 aliphatic carbocycles. The number of allylic oxidation sites excluding steroid dienone is 2. The van der Waals surface area contributed by atoms with Gasteiger partial charge in [-0.3, -0.25) is 4.79 Å². The fourth-order valence-electron chi connectivity index (χ4n) is 7.59. The molecule has 3 N–H and O–H groups in total. The van der Waals surface area contributed by atoms with E-state index in [2.05, 4.69) is 31.3 Å². The molecule has 0 spiro atoms. The fraction of sp³-hybridized carbons (Fsp3) is 0.938. The van der Waals surface area contributed by atoms with Gasteiger partial charge >= 0.3 is 0 Å². The molecular weight excluding hydrogens is 639 g/mol. The third-order valence-electron chi connectivity index (χ3n) is 11.3. The van der Waals surface area contributed by atoms with Crippen molar-refractivity contribution in [3.63, 3.8) is 0 Å². The average Bonchev–Trinajstić information content (AvgIpc) is 3.15. The maximum Gasteiger partial charge on any atom is 0.220 e. The molecule has 310 valence electrons. The topological polar surface area (TPSA) is 69.6 Å². The zero-order valence-electron chi connectivity index (χ0n) is 35.6. The summed E-state index contributed by atoms with van der Waals surface area (Å²) in [5, 5.41) is 23.2. The third kappa shape index (κ3) is 40.3. The molecule has 0 saturated carbocycles. The van der Waals surface area contributed by atoms with Crippen LogP contribution in [0, 0.1) is 0 Å². The highest BCUT2D eigenvalue weighted by atomic mass is 16.3. The monoisotopic (exact) mass is 734 g/mol. The molecule has 0 bridgehead atoms. The van der Waals surface area contributed by atoms with E-state index in [-0.39, 0.29) is 12.5 Å².